The second kappa shape index (κ2) is 8.96. The molecule has 0 amide bonds. The highest BCUT2D eigenvalue weighted by molar-refractivity contribution is 6.35. The molecule has 4 heteroatoms. The Hall–Kier alpha value is -0.613. The summed E-state index contributed by atoms with van der Waals surface area (Å²) in [5, 5.41) is 0. The Morgan fingerprint density at radius 2 is 2.14 bits per heavy atom. The van der Waals surface area contributed by atoms with E-state index in [1.165, 1.54) is 6.04 Å². The maximum atomic E-state index is 10.9. The van der Waals surface area contributed by atoms with Crippen LogP contribution in [0.25, 0.3) is 0 Å². The van der Waals surface area contributed by atoms with Gasteiger partial charge in [-0.25, -0.2) is 4.79 Å². The van der Waals surface area contributed by atoms with Crippen molar-refractivity contribution in [2.75, 3.05) is 19.9 Å². The van der Waals surface area contributed by atoms with E-state index >= 15 is 0 Å². The van der Waals surface area contributed by atoms with E-state index in [0.29, 0.717) is 12.2 Å². The molecule has 0 aromatic carbocycles. The molecular formula is C10H20O3Si. The van der Waals surface area contributed by atoms with Crippen molar-refractivity contribution < 1.29 is 14.3 Å². The van der Waals surface area contributed by atoms with Gasteiger partial charge in [0, 0.05) is 18.9 Å². The predicted molar refractivity (Wildman–Crippen MR) is 60.2 cm³/mol. The smallest absolute Gasteiger partial charge is 0.333 e. The van der Waals surface area contributed by atoms with Crippen LogP contribution in [0, 0.1) is 0 Å². The van der Waals surface area contributed by atoms with Gasteiger partial charge < -0.3 is 9.47 Å². The largest absolute Gasteiger partial charge is 0.462 e. The van der Waals surface area contributed by atoms with E-state index in [1.807, 2.05) is 0 Å². The van der Waals surface area contributed by atoms with E-state index < -0.39 is 0 Å². The number of methoxy groups -OCH3 is 1. The fourth-order valence-electron chi connectivity index (χ4n) is 0.990. The summed E-state index contributed by atoms with van der Waals surface area (Å²) in [6.45, 7) is 5.69. The van der Waals surface area contributed by atoms with Crippen LogP contribution >= 0.6 is 0 Å². The Morgan fingerprint density at radius 3 is 2.71 bits per heavy atom. The molecule has 3 nitrogen and oxygen atoms in total. The average Bonchev–Trinajstić information content (AvgIpc) is 2.16. The molecule has 0 unspecified atom stereocenters. The molecule has 0 saturated heterocycles. The Bertz CT molecular complexity index is 180. The van der Waals surface area contributed by atoms with Crippen LogP contribution in [0.1, 0.15) is 19.8 Å². The number of esters is 1. The molecule has 0 aromatic rings. The van der Waals surface area contributed by atoms with Gasteiger partial charge in [0.1, 0.15) is 0 Å². The number of hydrogen-bond donors (Lipinski definition) is 0. The summed E-state index contributed by atoms with van der Waals surface area (Å²) in [5.41, 5.74) is 0.471. The van der Waals surface area contributed by atoms with E-state index in [0.717, 1.165) is 19.1 Å². The van der Waals surface area contributed by atoms with Gasteiger partial charge in [-0.2, -0.15) is 0 Å². The summed E-state index contributed by atoms with van der Waals surface area (Å²) in [7, 11) is 1.71. The van der Waals surface area contributed by atoms with E-state index in [4.69, 9.17) is 9.47 Å². The average molecular weight is 216 g/mol. The lowest BCUT2D eigenvalue weighted by Crippen LogP contribution is -2.06. The van der Waals surface area contributed by atoms with Crippen molar-refractivity contribution in [1.29, 1.82) is 0 Å². The molecule has 0 saturated carbocycles. The normalized spacial score (nSPS) is 10.7. The molecule has 0 aromatic heterocycles. The van der Waals surface area contributed by atoms with Gasteiger partial charge in [0.2, 0.25) is 0 Å². The highest BCUT2D eigenvalue weighted by atomic mass is 28.2. The minimum absolute atomic E-state index is 0.0320. The first-order chi connectivity index (χ1) is 6.68. The van der Waals surface area contributed by atoms with Crippen molar-refractivity contribution in [3.63, 3.8) is 0 Å². The third-order valence-electron chi connectivity index (χ3n) is 1.82. The number of rotatable bonds is 8. The molecule has 0 heterocycles. The maximum absolute atomic E-state index is 10.9. The summed E-state index contributed by atoms with van der Waals surface area (Å²) in [4.78, 5) is 10.9. The fraction of sp³-hybridized carbons (Fsp3) is 0.700. The molecule has 0 N–H and O–H groups in total. The number of unbranched alkanes of at least 4 members (excludes halogenated alkanes) is 1. The van der Waals surface area contributed by atoms with Crippen LogP contribution in [0.3, 0.4) is 0 Å². The number of carbonyl (C=O) groups excluding carboxylic acids is 1. The molecule has 0 aliphatic heterocycles. The molecule has 0 rings (SSSR count). The van der Waals surface area contributed by atoms with Crippen molar-refractivity contribution in [2.45, 2.75) is 25.8 Å². The summed E-state index contributed by atoms with van der Waals surface area (Å²) < 4.78 is 9.94. The van der Waals surface area contributed by atoms with Crippen molar-refractivity contribution in [3.8, 4) is 0 Å². The first kappa shape index (κ1) is 13.4. The van der Waals surface area contributed by atoms with Crippen LogP contribution < -0.4 is 0 Å². The Labute approximate surface area is 88.3 Å². The van der Waals surface area contributed by atoms with Crippen molar-refractivity contribution in [3.05, 3.63) is 12.2 Å². The summed E-state index contributed by atoms with van der Waals surface area (Å²) >= 11 is 0. The van der Waals surface area contributed by atoms with Gasteiger partial charge >= 0.3 is 5.97 Å². The van der Waals surface area contributed by atoms with Crippen molar-refractivity contribution in [2.24, 2.45) is 0 Å². The van der Waals surface area contributed by atoms with E-state index in [9.17, 15) is 4.79 Å². The second-order valence-electron chi connectivity index (χ2n) is 3.32. The van der Waals surface area contributed by atoms with E-state index in [2.05, 4.69) is 6.58 Å². The molecule has 0 fully saturated rings. The summed E-state index contributed by atoms with van der Waals surface area (Å²) in [6, 6.07) is 1.26. The zero-order valence-electron chi connectivity index (χ0n) is 9.17. The van der Waals surface area contributed by atoms with Gasteiger partial charge in [0.15, 0.2) is 0 Å². The first-order valence-corrected chi connectivity index (χ1v) is 7.00. The SMILES string of the molecule is C=C(C)C(=O)OCCCC[SiH2]COC. The first-order valence-electron chi connectivity index (χ1n) is 5.00. The number of carbonyl (C=O) groups is 1. The van der Waals surface area contributed by atoms with Gasteiger partial charge in [0.25, 0.3) is 0 Å². The van der Waals surface area contributed by atoms with Crippen LogP contribution in [-0.4, -0.2) is 35.4 Å². The summed E-state index contributed by atoms with van der Waals surface area (Å²) in [6.07, 6.45) is 3.04. The minimum atomic E-state index is -0.279. The molecule has 0 aliphatic carbocycles. The number of hydrogen-bond acceptors (Lipinski definition) is 3. The third kappa shape index (κ3) is 8.01. The highest BCUT2D eigenvalue weighted by Gasteiger charge is 2.01. The lowest BCUT2D eigenvalue weighted by atomic mass is 10.3. The molecule has 14 heavy (non-hydrogen) atoms. The number of ether oxygens (including phenoxy) is 2. The Kier molecular flexibility index (Phi) is 8.57. The molecule has 0 radical (unpaired) electrons. The maximum Gasteiger partial charge on any atom is 0.333 e. The monoisotopic (exact) mass is 216 g/mol. The third-order valence-corrected chi connectivity index (χ3v) is 3.52. The van der Waals surface area contributed by atoms with Gasteiger partial charge in [-0.05, 0) is 13.3 Å². The van der Waals surface area contributed by atoms with Crippen molar-refractivity contribution in [1.82, 2.24) is 0 Å². The Balaban J connectivity index is 3.13. The molecule has 0 aliphatic rings. The minimum Gasteiger partial charge on any atom is -0.462 e. The lowest BCUT2D eigenvalue weighted by molar-refractivity contribution is -0.139. The van der Waals surface area contributed by atoms with E-state index in [-0.39, 0.29) is 15.5 Å². The molecule has 82 valence electrons. The van der Waals surface area contributed by atoms with Crippen LogP contribution in [-0.2, 0) is 14.3 Å². The molecule has 0 atom stereocenters. The topological polar surface area (TPSA) is 35.5 Å². The zero-order chi connectivity index (χ0) is 10.8. The lowest BCUT2D eigenvalue weighted by Gasteiger charge is -2.03. The molecular weight excluding hydrogens is 196 g/mol. The van der Waals surface area contributed by atoms with Crippen LogP contribution in [0.5, 0.6) is 0 Å². The zero-order valence-corrected chi connectivity index (χ0v) is 10.6. The van der Waals surface area contributed by atoms with Crippen LogP contribution in [0.2, 0.25) is 6.04 Å². The van der Waals surface area contributed by atoms with E-state index in [1.54, 1.807) is 14.0 Å². The van der Waals surface area contributed by atoms with Crippen molar-refractivity contribution >= 4 is 15.5 Å². The summed E-state index contributed by atoms with van der Waals surface area (Å²) in [5.74, 6) is -0.279. The highest BCUT2D eigenvalue weighted by Crippen LogP contribution is 1.98. The van der Waals surface area contributed by atoms with Gasteiger partial charge in [-0.1, -0.05) is 19.0 Å². The predicted octanol–water partition coefficient (Wildman–Crippen LogP) is 1.08. The van der Waals surface area contributed by atoms with Gasteiger partial charge in [0.05, 0.1) is 16.1 Å². The van der Waals surface area contributed by atoms with Gasteiger partial charge in [-0.15, -0.1) is 0 Å². The molecule has 0 spiro atoms. The quantitative estimate of drug-likeness (QED) is 0.263. The fourth-order valence-corrected chi connectivity index (χ4v) is 2.19. The Morgan fingerprint density at radius 1 is 1.43 bits per heavy atom. The standard InChI is InChI=1S/C10H20O3Si/c1-9(2)10(11)13-6-4-5-7-14-8-12-3/h1,4-8,14H2,2-3H3. The second-order valence-corrected chi connectivity index (χ2v) is 5.15. The molecule has 0 bridgehead atoms. The van der Waals surface area contributed by atoms with Crippen LogP contribution in [0.4, 0.5) is 0 Å². The van der Waals surface area contributed by atoms with Crippen LogP contribution in [0.15, 0.2) is 12.2 Å². The van der Waals surface area contributed by atoms with Gasteiger partial charge in [-0.3, -0.25) is 0 Å².